The van der Waals surface area contributed by atoms with E-state index in [1.165, 1.54) is 0 Å². The van der Waals surface area contributed by atoms with Crippen LogP contribution < -0.4 is 11.1 Å². The molecule has 0 spiro atoms. The van der Waals surface area contributed by atoms with E-state index in [4.69, 9.17) is 22.1 Å². The Bertz CT molecular complexity index is 454. The van der Waals surface area contributed by atoms with Crippen LogP contribution in [0.1, 0.15) is 13.8 Å². The third-order valence-corrected chi connectivity index (χ3v) is 3.38. The third-order valence-electron chi connectivity index (χ3n) is 3.05. The van der Waals surface area contributed by atoms with Crippen LogP contribution in [0.4, 0.5) is 11.4 Å². The molecule has 1 aromatic rings. The lowest BCUT2D eigenvalue weighted by molar-refractivity contribution is -0.118. The molecular formula is C14H22ClN3O2. The summed E-state index contributed by atoms with van der Waals surface area (Å²) in [5.74, 6) is -0.123. The predicted octanol–water partition coefficient (Wildman–Crippen LogP) is 2.22. The van der Waals surface area contributed by atoms with Crippen LogP contribution in [0.2, 0.25) is 5.02 Å². The lowest BCUT2D eigenvalue weighted by Gasteiger charge is -2.26. The normalized spacial score (nSPS) is 12.4. The molecule has 0 radical (unpaired) electrons. The highest BCUT2D eigenvalue weighted by atomic mass is 35.5. The molecule has 0 aliphatic heterocycles. The summed E-state index contributed by atoms with van der Waals surface area (Å²) in [6.07, 6.45) is 0. The highest BCUT2D eigenvalue weighted by molar-refractivity contribution is 6.33. The molecular weight excluding hydrogens is 278 g/mol. The van der Waals surface area contributed by atoms with E-state index in [2.05, 4.69) is 5.32 Å². The van der Waals surface area contributed by atoms with Gasteiger partial charge in [0.1, 0.15) is 0 Å². The van der Waals surface area contributed by atoms with Gasteiger partial charge in [-0.3, -0.25) is 9.69 Å². The number of benzene rings is 1. The van der Waals surface area contributed by atoms with Crippen LogP contribution >= 0.6 is 11.6 Å². The number of nitrogens with one attached hydrogen (secondary N) is 1. The van der Waals surface area contributed by atoms with E-state index in [9.17, 15) is 4.79 Å². The first-order valence-corrected chi connectivity index (χ1v) is 6.93. The minimum absolute atomic E-state index is 0.123. The number of nitrogen functional groups attached to an aromatic ring is 1. The topological polar surface area (TPSA) is 67.6 Å². The third kappa shape index (κ3) is 5.00. The summed E-state index contributed by atoms with van der Waals surface area (Å²) >= 11 is 6.02. The van der Waals surface area contributed by atoms with Gasteiger partial charge in [0.2, 0.25) is 5.91 Å². The highest BCUT2D eigenvalue weighted by Crippen LogP contribution is 2.23. The number of likely N-dealkylation sites (N-methyl/N-ethyl adjacent to an activating group) is 1. The molecule has 1 amide bonds. The summed E-state index contributed by atoms with van der Waals surface area (Å²) in [7, 11) is 1.65. The van der Waals surface area contributed by atoms with Crippen molar-refractivity contribution in [2.45, 2.75) is 19.9 Å². The Hall–Kier alpha value is -1.30. The fraction of sp³-hybridized carbons (Fsp3) is 0.500. The first-order chi connectivity index (χ1) is 9.47. The number of anilines is 2. The maximum atomic E-state index is 12.1. The molecule has 3 N–H and O–H groups in total. The first-order valence-electron chi connectivity index (χ1n) is 6.55. The zero-order valence-electron chi connectivity index (χ0n) is 12.1. The van der Waals surface area contributed by atoms with Crippen molar-refractivity contribution in [1.82, 2.24) is 4.90 Å². The molecule has 1 rings (SSSR count). The van der Waals surface area contributed by atoms with Gasteiger partial charge in [-0.2, -0.15) is 0 Å². The monoisotopic (exact) mass is 299 g/mol. The fourth-order valence-corrected chi connectivity index (χ4v) is 2.10. The van der Waals surface area contributed by atoms with Gasteiger partial charge in [0.15, 0.2) is 0 Å². The number of carbonyl (C=O) groups excluding carboxylic acids is 1. The number of nitrogens with two attached hydrogens (primary N) is 1. The van der Waals surface area contributed by atoms with Crippen LogP contribution in [-0.2, 0) is 9.53 Å². The van der Waals surface area contributed by atoms with E-state index >= 15 is 0 Å². The van der Waals surface area contributed by atoms with Crippen LogP contribution in [0.5, 0.6) is 0 Å². The van der Waals surface area contributed by atoms with Gasteiger partial charge in [0.05, 0.1) is 23.9 Å². The zero-order chi connectivity index (χ0) is 15.1. The van der Waals surface area contributed by atoms with Crippen molar-refractivity contribution in [1.29, 1.82) is 0 Å². The van der Waals surface area contributed by atoms with Crippen molar-refractivity contribution >= 4 is 28.9 Å². The lowest BCUT2D eigenvalue weighted by atomic mass is 10.2. The first kappa shape index (κ1) is 16.8. The van der Waals surface area contributed by atoms with Crippen LogP contribution in [0.3, 0.4) is 0 Å². The van der Waals surface area contributed by atoms with E-state index < -0.39 is 0 Å². The van der Waals surface area contributed by atoms with Gasteiger partial charge in [-0.15, -0.1) is 0 Å². The standard InChI is InChI=1S/C14H22ClN3O2/c1-4-18(10(2)9-20-3)8-14(19)17-13-7-11(16)5-6-12(13)15/h5-7,10H,4,8-9,16H2,1-3H3,(H,17,19). The molecule has 0 bridgehead atoms. The average molecular weight is 300 g/mol. The molecule has 0 heterocycles. The highest BCUT2D eigenvalue weighted by Gasteiger charge is 2.16. The Labute approximate surface area is 125 Å². The lowest BCUT2D eigenvalue weighted by Crippen LogP contribution is -2.41. The molecule has 0 saturated heterocycles. The molecule has 1 unspecified atom stereocenters. The van der Waals surface area contributed by atoms with Crippen LogP contribution in [0.25, 0.3) is 0 Å². The smallest absolute Gasteiger partial charge is 0.238 e. The molecule has 5 nitrogen and oxygen atoms in total. The number of hydrogen-bond donors (Lipinski definition) is 2. The van der Waals surface area contributed by atoms with Crippen LogP contribution in [0.15, 0.2) is 18.2 Å². The van der Waals surface area contributed by atoms with Gasteiger partial charge in [-0.1, -0.05) is 18.5 Å². The molecule has 0 aliphatic carbocycles. The Balaban J connectivity index is 2.64. The minimum Gasteiger partial charge on any atom is -0.399 e. The van der Waals surface area contributed by atoms with Gasteiger partial charge in [0.25, 0.3) is 0 Å². The van der Waals surface area contributed by atoms with E-state index in [0.29, 0.717) is 23.0 Å². The number of halogens is 1. The molecule has 0 aromatic heterocycles. The summed E-state index contributed by atoms with van der Waals surface area (Å²) in [4.78, 5) is 14.1. The van der Waals surface area contributed by atoms with Gasteiger partial charge >= 0.3 is 0 Å². The van der Waals surface area contributed by atoms with Crippen LogP contribution in [0, 0.1) is 0 Å². The Morgan fingerprint density at radius 1 is 1.55 bits per heavy atom. The fourth-order valence-electron chi connectivity index (χ4n) is 1.94. The van der Waals surface area contributed by atoms with E-state index in [1.807, 2.05) is 18.7 Å². The molecule has 1 atom stereocenters. The second kappa shape index (κ2) is 8.09. The Kier molecular flexibility index (Phi) is 6.78. The number of carbonyl (C=O) groups is 1. The Morgan fingerprint density at radius 3 is 2.85 bits per heavy atom. The SMILES string of the molecule is CCN(CC(=O)Nc1cc(N)ccc1Cl)C(C)COC. The van der Waals surface area contributed by atoms with Gasteiger partial charge in [0, 0.05) is 18.8 Å². The van der Waals surface area contributed by atoms with E-state index in [-0.39, 0.29) is 18.5 Å². The number of rotatable bonds is 7. The van der Waals surface area contributed by atoms with Crippen molar-refractivity contribution in [3.05, 3.63) is 23.2 Å². The number of amides is 1. The number of methoxy groups -OCH3 is 1. The summed E-state index contributed by atoms with van der Waals surface area (Å²) in [5.41, 5.74) is 6.78. The molecule has 0 saturated carbocycles. The van der Waals surface area contributed by atoms with Crippen molar-refractivity contribution in [3.8, 4) is 0 Å². The van der Waals surface area contributed by atoms with E-state index in [0.717, 1.165) is 6.54 Å². The van der Waals surface area contributed by atoms with Crippen molar-refractivity contribution in [2.24, 2.45) is 0 Å². The summed E-state index contributed by atoms with van der Waals surface area (Å²) in [5, 5.41) is 3.25. The number of ether oxygens (including phenoxy) is 1. The zero-order valence-corrected chi connectivity index (χ0v) is 12.9. The predicted molar refractivity (Wildman–Crippen MR) is 83.1 cm³/mol. The average Bonchev–Trinajstić information content (AvgIpc) is 2.40. The quantitative estimate of drug-likeness (QED) is 0.758. The number of nitrogens with zero attached hydrogens (tertiary/aromatic N) is 1. The second-order valence-electron chi connectivity index (χ2n) is 4.65. The van der Waals surface area contributed by atoms with Crippen molar-refractivity contribution in [3.63, 3.8) is 0 Å². The van der Waals surface area contributed by atoms with Crippen molar-refractivity contribution in [2.75, 3.05) is 37.9 Å². The molecule has 112 valence electrons. The summed E-state index contributed by atoms with van der Waals surface area (Å²) in [6, 6.07) is 5.18. The van der Waals surface area contributed by atoms with Gasteiger partial charge in [-0.25, -0.2) is 0 Å². The molecule has 0 aliphatic rings. The maximum Gasteiger partial charge on any atom is 0.238 e. The van der Waals surface area contributed by atoms with Crippen LogP contribution in [-0.4, -0.2) is 43.7 Å². The summed E-state index contributed by atoms with van der Waals surface area (Å²) < 4.78 is 5.11. The largest absolute Gasteiger partial charge is 0.399 e. The Morgan fingerprint density at radius 2 is 2.25 bits per heavy atom. The van der Waals surface area contributed by atoms with Gasteiger partial charge in [-0.05, 0) is 31.7 Å². The molecule has 0 fully saturated rings. The summed E-state index contributed by atoms with van der Waals surface area (Å²) in [6.45, 7) is 5.66. The maximum absolute atomic E-state index is 12.1. The molecule has 6 heteroatoms. The van der Waals surface area contributed by atoms with Gasteiger partial charge < -0.3 is 15.8 Å². The molecule has 1 aromatic carbocycles. The van der Waals surface area contributed by atoms with E-state index in [1.54, 1.807) is 25.3 Å². The minimum atomic E-state index is -0.123. The second-order valence-corrected chi connectivity index (χ2v) is 5.06. The molecule has 20 heavy (non-hydrogen) atoms. The van der Waals surface area contributed by atoms with Crippen molar-refractivity contribution < 1.29 is 9.53 Å². The number of hydrogen-bond acceptors (Lipinski definition) is 4.